The summed E-state index contributed by atoms with van der Waals surface area (Å²) in [5.41, 5.74) is 27.7. The highest BCUT2D eigenvalue weighted by Crippen LogP contribution is 2.62. The van der Waals surface area contributed by atoms with Gasteiger partial charge in [-0.1, -0.05) is 195 Å². The van der Waals surface area contributed by atoms with Gasteiger partial charge >= 0.3 is 0 Å². The van der Waals surface area contributed by atoms with Gasteiger partial charge in [0.1, 0.15) is 0 Å². The molecule has 2 heterocycles. The summed E-state index contributed by atoms with van der Waals surface area (Å²) in [6.45, 7) is 19.5. The van der Waals surface area contributed by atoms with E-state index in [1.54, 1.807) is 0 Å². The van der Waals surface area contributed by atoms with Gasteiger partial charge in [0.15, 0.2) is 0 Å². The molecule has 1 unspecified atom stereocenters. The van der Waals surface area contributed by atoms with Crippen LogP contribution in [0.3, 0.4) is 0 Å². The van der Waals surface area contributed by atoms with E-state index >= 15 is 0 Å². The molecule has 9 aromatic carbocycles. The van der Waals surface area contributed by atoms with E-state index in [0.29, 0.717) is 0 Å². The molecule has 5 aliphatic rings. The number of benzene rings is 9. The molecule has 366 valence electrons. The van der Waals surface area contributed by atoms with E-state index in [4.69, 9.17) is 0 Å². The predicted octanol–water partition coefficient (Wildman–Crippen LogP) is 19.1. The lowest BCUT2D eigenvalue weighted by Crippen LogP contribution is -2.39. The lowest BCUT2D eigenvalue weighted by Gasteiger charge is -2.50. The number of hydrogen-bond donors (Lipinski definition) is 0. The molecule has 0 spiro atoms. The van der Waals surface area contributed by atoms with Crippen LogP contribution >= 0.6 is 0 Å². The van der Waals surface area contributed by atoms with E-state index in [1.165, 1.54) is 106 Å². The van der Waals surface area contributed by atoms with Gasteiger partial charge < -0.3 is 14.7 Å². The zero-order valence-electron chi connectivity index (χ0n) is 44.4. The number of hydrogen-bond acceptors (Lipinski definition) is 3. The predicted molar refractivity (Wildman–Crippen MR) is 316 cm³/mol. The Morgan fingerprint density at radius 3 is 1.55 bits per heavy atom. The van der Waals surface area contributed by atoms with E-state index in [2.05, 4.69) is 288 Å². The number of nitrogens with zero attached hydrogens (tertiary/aromatic N) is 3. The summed E-state index contributed by atoms with van der Waals surface area (Å²) in [4.78, 5) is 7.66. The molecule has 2 aliphatic heterocycles. The molecule has 0 saturated carbocycles. The lowest BCUT2D eigenvalue weighted by molar-refractivity contribution is 0.596. The molecule has 3 heteroatoms. The van der Waals surface area contributed by atoms with Crippen molar-refractivity contribution in [3.63, 3.8) is 0 Å². The number of allylic oxidation sites excluding steroid dienone is 2. The zero-order chi connectivity index (χ0) is 51.2. The minimum Gasteiger partial charge on any atom is -0.334 e. The van der Waals surface area contributed by atoms with Crippen LogP contribution in [0.4, 0.5) is 45.5 Å². The number of anilines is 8. The van der Waals surface area contributed by atoms with Crippen molar-refractivity contribution in [2.24, 2.45) is 0 Å². The van der Waals surface area contributed by atoms with E-state index < -0.39 is 0 Å². The Labute approximate surface area is 443 Å². The van der Waals surface area contributed by atoms with Gasteiger partial charge in [-0.05, 0) is 163 Å². The van der Waals surface area contributed by atoms with E-state index in [1.807, 2.05) is 0 Å². The topological polar surface area (TPSA) is 9.72 Å². The summed E-state index contributed by atoms with van der Waals surface area (Å²) in [5, 5.41) is 0. The summed E-state index contributed by atoms with van der Waals surface area (Å²) in [6.07, 6.45) is 6.09. The maximum atomic E-state index is 2.72. The minimum atomic E-state index is -0.359. The Morgan fingerprint density at radius 1 is 0.373 bits per heavy atom. The Kier molecular flexibility index (Phi) is 9.81. The van der Waals surface area contributed by atoms with Crippen LogP contribution in [0.1, 0.15) is 106 Å². The molecule has 0 aromatic heterocycles. The molecule has 0 amide bonds. The highest BCUT2D eigenvalue weighted by atomic mass is 15.2. The molecule has 75 heavy (non-hydrogen) atoms. The molecule has 1 atom stereocenters. The fraction of sp³-hybridized carbons (Fsp3) is 0.194. The maximum Gasteiger partial charge on any atom is 0.0563 e. The van der Waals surface area contributed by atoms with Gasteiger partial charge in [0.25, 0.3) is 0 Å². The van der Waals surface area contributed by atoms with Crippen molar-refractivity contribution in [1.82, 2.24) is 0 Å². The van der Waals surface area contributed by atoms with Crippen LogP contribution < -0.4 is 14.7 Å². The van der Waals surface area contributed by atoms with E-state index in [-0.39, 0.29) is 27.7 Å². The lowest BCUT2D eigenvalue weighted by atomic mass is 9.66. The first kappa shape index (κ1) is 45.5. The van der Waals surface area contributed by atoms with Gasteiger partial charge in [0, 0.05) is 50.1 Å². The molecule has 0 N–H and O–H groups in total. The minimum absolute atomic E-state index is 0.0795. The third-order valence-corrected chi connectivity index (χ3v) is 18.1. The monoisotopic (exact) mass is 970 g/mol. The molecule has 0 radical (unpaired) electrons. The van der Waals surface area contributed by atoms with E-state index in [0.717, 1.165) is 23.5 Å². The average Bonchev–Trinajstić information content (AvgIpc) is 3.87. The van der Waals surface area contributed by atoms with Gasteiger partial charge in [-0.25, -0.2) is 0 Å². The average molecular weight is 970 g/mol. The molecular formula is C72H63N3. The van der Waals surface area contributed by atoms with Gasteiger partial charge in [0.05, 0.1) is 23.1 Å². The van der Waals surface area contributed by atoms with Crippen LogP contribution in [0.2, 0.25) is 0 Å². The summed E-state index contributed by atoms with van der Waals surface area (Å²) >= 11 is 0. The molecule has 3 aliphatic carbocycles. The third kappa shape index (κ3) is 6.59. The molecule has 9 aromatic rings. The molecule has 0 saturated heterocycles. The summed E-state index contributed by atoms with van der Waals surface area (Å²) in [7, 11) is 0. The Bertz CT molecular complexity index is 3830. The summed E-state index contributed by atoms with van der Waals surface area (Å²) in [6, 6.07) is 77.6. The van der Waals surface area contributed by atoms with Crippen molar-refractivity contribution in [3.05, 3.63) is 268 Å². The first-order chi connectivity index (χ1) is 36.2. The molecule has 3 nitrogen and oxygen atoms in total. The van der Waals surface area contributed by atoms with Crippen molar-refractivity contribution in [1.29, 1.82) is 0 Å². The van der Waals surface area contributed by atoms with Crippen molar-refractivity contribution in [2.75, 3.05) is 14.7 Å². The smallest absolute Gasteiger partial charge is 0.0563 e. The van der Waals surface area contributed by atoms with Gasteiger partial charge in [0.2, 0.25) is 0 Å². The number of para-hydroxylation sites is 3. The van der Waals surface area contributed by atoms with Gasteiger partial charge in [-0.2, -0.15) is 0 Å². The fourth-order valence-electron chi connectivity index (χ4n) is 14.1. The molecule has 14 rings (SSSR count). The van der Waals surface area contributed by atoms with Crippen LogP contribution in [0.25, 0.3) is 27.8 Å². The molecule has 0 fully saturated rings. The highest BCUT2D eigenvalue weighted by molar-refractivity contribution is 5.96. The SMILES string of the molecule is CC1(C)C2=CC(N(c3ccc4c(c3)C(C)(C)c3ccccc3-4)c3cc4c5c(c3)C(C)(C)c3cc(-c6ccc(N(c7ccccc7)c7ccccc7)cc6)ccc3N5c3ccccc3C4(C)C)CC=C2c2ccccc21. The van der Waals surface area contributed by atoms with Crippen molar-refractivity contribution < 1.29 is 0 Å². The second-order valence-electron chi connectivity index (χ2n) is 23.7. The van der Waals surface area contributed by atoms with Crippen LogP contribution in [0.5, 0.6) is 0 Å². The van der Waals surface area contributed by atoms with Crippen molar-refractivity contribution in [2.45, 2.75) is 89.5 Å². The van der Waals surface area contributed by atoms with Crippen LogP contribution in [-0.2, 0) is 21.7 Å². The normalized spacial score (nSPS) is 18.0. The zero-order valence-corrected chi connectivity index (χ0v) is 44.4. The largest absolute Gasteiger partial charge is 0.334 e. The van der Waals surface area contributed by atoms with Gasteiger partial charge in [-0.15, -0.1) is 0 Å². The third-order valence-electron chi connectivity index (χ3n) is 18.1. The first-order valence-corrected chi connectivity index (χ1v) is 27.0. The Hall–Kier alpha value is -8.14. The fourth-order valence-corrected chi connectivity index (χ4v) is 14.1. The summed E-state index contributed by atoms with van der Waals surface area (Å²) in [5.74, 6) is 0. The van der Waals surface area contributed by atoms with Gasteiger partial charge in [-0.3, -0.25) is 0 Å². The standard InChI is InChI=1S/C72H63N3/c1-69(2)58-27-17-15-25-54(58)56-38-36-51(42-61(56)69)74(52-37-39-57-55-26-16-18-28-59(55)70(3,4)62(57)43-52)53-44-64-68-65(45-53)72(7,8)63-41-47(33-40-67(63)75(68)66-30-20-19-29-60(66)71(64,5)6)46-31-34-50(35-32-46)73(48-21-11-9-12-22-48)49-23-13-10-14-24-49/h9-36,38-45,52H,37H2,1-8H3. The van der Waals surface area contributed by atoms with Crippen LogP contribution in [-0.4, -0.2) is 6.04 Å². The Balaban J connectivity index is 0.944. The molecule has 0 bridgehead atoms. The number of fused-ring (bicyclic) bond motifs is 10. The summed E-state index contributed by atoms with van der Waals surface area (Å²) < 4.78 is 0. The second-order valence-corrected chi connectivity index (χ2v) is 23.7. The quantitative estimate of drug-likeness (QED) is 0.158. The number of rotatable bonds is 7. The molecular weight excluding hydrogens is 907 g/mol. The highest BCUT2D eigenvalue weighted by Gasteiger charge is 2.47. The van der Waals surface area contributed by atoms with Crippen LogP contribution in [0.15, 0.2) is 224 Å². The Morgan fingerprint density at radius 2 is 0.867 bits per heavy atom. The van der Waals surface area contributed by atoms with Crippen molar-refractivity contribution in [3.8, 4) is 22.3 Å². The first-order valence-electron chi connectivity index (χ1n) is 27.0. The van der Waals surface area contributed by atoms with Crippen molar-refractivity contribution >= 4 is 51.1 Å². The second kappa shape index (κ2) is 16.2. The van der Waals surface area contributed by atoms with E-state index in [9.17, 15) is 0 Å². The van der Waals surface area contributed by atoms with Crippen LogP contribution in [0, 0.1) is 0 Å². The maximum absolute atomic E-state index is 2.72.